The van der Waals surface area contributed by atoms with E-state index in [1.165, 1.54) is 0 Å². The van der Waals surface area contributed by atoms with Gasteiger partial charge in [-0.25, -0.2) is 5.43 Å². The monoisotopic (exact) mass is 283 g/mol. The first-order chi connectivity index (χ1) is 10.2. The minimum absolute atomic E-state index is 0.228. The van der Waals surface area contributed by atoms with Crippen molar-refractivity contribution in [3.05, 3.63) is 53.9 Å². The summed E-state index contributed by atoms with van der Waals surface area (Å²) in [6.07, 6.45) is 1.56. The molecule has 1 N–H and O–H groups in total. The average Bonchev–Trinajstić information content (AvgIpc) is 3.00. The summed E-state index contributed by atoms with van der Waals surface area (Å²) < 4.78 is 10.6. The van der Waals surface area contributed by atoms with Crippen LogP contribution in [0.25, 0.3) is 0 Å². The molecular weight excluding hydrogens is 270 g/mol. The normalized spacial score (nSPS) is 13.1. The average molecular weight is 283 g/mol. The summed E-state index contributed by atoms with van der Waals surface area (Å²) in [4.78, 5) is 15.8. The number of carbonyl (C=O) groups excluding carboxylic acids is 1. The molecule has 2 heterocycles. The molecule has 6 heteroatoms. The maximum atomic E-state index is 11.8. The minimum atomic E-state index is -0.351. The summed E-state index contributed by atoms with van der Waals surface area (Å²) in [5.41, 5.74) is 4.31. The molecule has 0 bridgehead atoms. The van der Waals surface area contributed by atoms with Crippen LogP contribution >= 0.6 is 0 Å². The molecule has 1 aromatic heterocycles. The summed E-state index contributed by atoms with van der Waals surface area (Å²) in [5, 5.41) is 4.08. The first kappa shape index (κ1) is 13.1. The van der Waals surface area contributed by atoms with Crippen molar-refractivity contribution < 1.29 is 14.3 Å². The summed E-state index contributed by atoms with van der Waals surface area (Å²) >= 11 is 0. The number of fused-ring (bicyclic) bond motifs is 1. The second-order valence-electron chi connectivity index (χ2n) is 4.42. The van der Waals surface area contributed by atoms with E-state index in [9.17, 15) is 4.79 Å². The molecule has 0 fully saturated rings. The topological polar surface area (TPSA) is 72.8 Å². The van der Waals surface area contributed by atoms with Gasteiger partial charge in [-0.1, -0.05) is 6.07 Å². The predicted molar refractivity (Wildman–Crippen MR) is 76.5 cm³/mol. The largest absolute Gasteiger partial charge is 0.454 e. The van der Waals surface area contributed by atoms with E-state index in [1.807, 2.05) is 18.2 Å². The Labute approximate surface area is 121 Å². The van der Waals surface area contributed by atoms with Crippen LogP contribution in [-0.4, -0.2) is 23.4 Å². The molecule has 21 heavy (non-hydrogen) atoms. The lowest BCUT2D eigenvalue weighted by molar-refractivity contribution is 0.0950. The van der Waals surface area contributed by atoms with Crippen LogP contribution in [0.15, 0.2) is 47.7 Å². The zero-order valence-electron chi connectivity index (χ0n) is 11.4. The first-order valence-corrected chi connectivity index (χ1v) is 6.40. The Morgan fingerprint density at radius 2 is 2.10 bits per heavy atom. The zero-order chi connectivity index (χ0) is 14.7. The van der Waals surface area contributed by atoms with E-state index in [1.54, 1.807) is 31.3 Å². The number of ether oxygens (including phenoxy) is 2. The lowest BCUT2D eigenvalue weighted by Crippen LogP contribution is -2.20. The number of hydrazone groups is 1. The van der Waals surface area contributed by atoms with Crippen LogP contribution in [0.3, 0.4) is 0 Å². The smallest absolute Gasteiger partial charge is 0.289 e. The number of rotatable bonds is 3. The summed E-state index contributed by atoms with van der Waals surface area (Å²) in [6, 6.07) is 10.6. The van der Waals surface area contributed by atoms with Gasteiger partial charge in [-0.3, -0.25) is 9.78 Å². The Balaban J connectivity index is 1.73. The highest BCUT2D eigenvalue weighted by Crippen LogP contribution is 2.32. The van der Waals surface area contributed by atoms with Crippen LogP contribution in [0.4, 0.5) is 0 Å². The van der Waals surface area contributed by atoms with Gasteiger partial charge in [-0.2, -0.15) is 5.10 Å². The Morgan fingerprint density at radius 1 is 1.24 bits per heavy atom. The Kier molecular flexibility index (Phi) is 3.51. The molecule has 2 aromatic rings. The third-order valence-corrected chi connectivity index (χ3v) is 3.01. The van der Waals surface area contributed by atoms with E-state index in [0.29, 0.717) is 22.9 Å². The van der Waals surface area contributed by atoms with Crippen molar-refractivity contribution in [3.63, 3.8) is 0 Å². The van der Waals surface area contributed by atoms with Gasteiger partial charge in [-0.15, -0.1) is 0 Å². The van der Waals surface area contributed by atoms with Crippen molar-refractivity contribution >= 4 is 11.6 Å². The molecule has 0 saturated carbocycles. The van der Waals surface area contributed by atoms with Gasteiger partial charge in [0.15, 0.2) is 11.5 Å². The molecular formula is C15H13N3O3. The Morgan fingerprint density at radius 3 is 2.90 bits per heavy atom. The van der Waals surface area contributed by atoms with Gasteiger partial charge in [-0.05, 0) is 37.3 Å². The van der Waals surface area contributed by atoms with Crippen LogP contribution in [-0.2, 0) is 0 Å². The fourth-order valence-corrected chi connectivity index (χ4v) is 1.88. The number of aromatic nitrogens is 1. The molecule has 0 radical (unpaired) electrons. The second-order valence-corrected chi connectivity index (χ2v) is 4.42. The molecule has 6 nitrogen and oxygen atoms in total. The van der Waals surface area contributed by atoms with Crippen LogP contribution in [0, 0.1) is 0 Å². The van der Waals surface area contributed by atoms with Gasteiger partial charge in [0.1, 0.15) is 5.69 Å². The molecule has 0 spiro atoms. The molecule has 1 amide bonds. The first-order valence-electron chi connectivity index (χ1n) is 6.40. The number of amides is 1. The van der Waals surface area contributed by atoms with Crippen LogP contribution in [0.2, 0.25) is 0 Å². The zero-order valence-corrected chi connectivity index (χ0v) is 11.4. The molecule has 0 unspecified atom stereocenters. The predicted octanol–water partition coefficient (Wildman–Crippen LogP) is 1.96. The summed E-state index contributed by atoms with van der Waals surface area (Å²) in [7, 11) is 0. The van der Waals surface area contributed by atoms with E-state index in [-0.39, 0.29) is 12.7 Å². The summed E-state index contributed by atoms with van der Waals surface area (Å²) in [6.45, 7) is 2.03. The van der Waals surface area contributed by atoms with Crippen molar-refractivity contribution in [2.75, 3.05) is 6.79 Å². The van der Waals surface area contributed by atoms with Gasteiger partial charge < -0.3 is 9.47 Å². The van der Waals surface area contributed by atoms with E-state index in [0.717, 1.165) is 5.56 Å². The number of nitrogens with one attached hydrogen (secondary N) is 1. The second kappa shape index (κ2) is 5.62. The van der Waals surface area contributed by atoms with E-state index >= 15 is 0 Å². The number of benzene rings is 1. The molecule has 0 atom stereocenters. The molecule has 0 saturated heterocycles. The molecule has 1 aliphatic rings. The summed E-state index contributed by atoms with van der Waals surface area (Å²) in [5.74, 6) is 1.04. The molecule has 3 rings (SSSR count). The molecule has 0 aliphatic carbocycles. The van der Waals surface area contributed by atoms with Gasteiger partial charge >= 0.3 is 0 Å². The standard InChI is InChI=1S/C15H13N3O3/c1-10(11-5-6-13-14(8-11)21-9-20-13)17-18-15(19)12-4-2-3-7-16-12/h2-8H,9H2,1H3,(H,18,19). The van der Waals surface area contributed by atoms with E-state index in [2.05, 4.69) is 15.5 Å². The molecule has 1 aromatic carbocycles. The molecule has 106 valence electrons. The van der Waals surface area contributed by atoms with Gasteiger partial charge in [0, 0.05) is 11.8 Å². The van der Waals surface area contributed by atoms with Crippen molar-refractivity contribution in [1.82, 2.24) is 10.4 Å². The highest BCUT2D eigenvalue weighted by atomic mass is 16.7. The van der Waals surface area contributed by atoms with Crippen LogP contribution in [0.5, 0.6) is 11.5 Å². The quantitative estimate of drug-likeness (QED) is 0.690. The number of hydrogen-bond acceptors (Lipinski definition) is 5. The van der Waals surface area contributed by atoms with E-state index < -0.39 is 0 Å². The third kappa shape index (κ3) is 2.84. The Hall–Kier alpha value is -2.89. The maximum Gasteiger partial charge on any atom is 0.289 e. The van der Waals surface area contributed by atoms with E-state index in [4.69, 9.17) is 9.47 Å². The highest BCUT2D eigenvalue weighted by molar-refractivity contribution is 6.00. The van der Waals surface area contributed by atoms with Crippen LogP contribution in [0.1, 0.15) is 23.0 Å². The fourth-order valence-electron chi connectivity index (χ4n) is 1.88. The van der Waals surface area contributed by atoms with Crippen molar-refractivity contribution in [3.8, 4) is 11.5 Å². The highest BCUT2D eigenvalue weighted by Gasteiger charge is 2.14. The maximum absolute atomic E-state index is 11.8. The minimum Gasteiger partial charge on any atom is -0.454 e. The van der Waals surface area contributed by atoms with Crippen molar-refractivity contribution in [2.24, 2.45) is 5.10 Å². The van der Waals surface area contributed by atoms with Crippen molar-refractivity contribution in [1.29, 1.82) is 0 Å². The number of pyridine rings is 1. The van der Waals surface area contributed by atoms with Gasteiger partial charge in [0.05, 0.1) is 5.71 Å². The van der Waals surface area contributed by atoms with Crippen molar-refractivity contribution in [2.45, 2.75) is 6.92 Å². The lowest BCUT2D eigenvalue weighted by Gasteiger charge is -2.04. The van der Waals surface area contributed by atoms with Crippen LogP contribution < -0.4 is 14.9 Å². The third-order valence-electron chi connectivity index (χ3n) is 3.01. The Bertz CT molecular complexity index is 699. The number of carbonyl (C=O) groups is 1. The van der Waals surface area contributed by atoms with Gasteiger partial charge in [0.25, 0.3) is 5.91 Å². The lowest BCUT2D eigenvalue weighted by atomic mass is 10.1. The SMILES string of the molecule is CC(=NNC(=O)c1ccccn1)c1ccc2c(c1)OCO2. The fraction of sp³-hybridized carbons (Fsp3) is 0.133. The number of hydrogen-bond donors (Lipinski definition) is 1. The number of nitrogens with zero attached hydrogens (tertiary/aromatic N) is 2. The molecule has 1 aliphatic heterocycles. The van der Waals surface area contributed by atoms with Gasteiger partial charge in [0.2, 0.25) is 6.79 Å².